The summed E-state index contributed by atoms with van der Waals surface area (Å²) in [6.07, 6.45) is 11.4. The van der Waals surface area contributed by atoms with Gasteiger partial charge < -0.3 is 44.3 Å². The van der Waals surface area contributed by atoms with Gasteiger partial charge in [0.2, 0.25) is 5.76 Å². The largest absolute Gasteiger partial charge is 0.528 e. The van der Waals surface area contributed by atoms with Crippen molar-refractivity contribution in [1.29, 1.82) is 0 Å². The number of fused-ring (bicyclic) bond motifs is 6. The van der Waals surface area contributed by atoms with Gasteiger partial charge in [0.1, 0.15) is 12.2 Å². The minimum Gasteiger partial charge on any atom is -0.461 e. The van der Waals surface area contributed by atoms with Crippen LogP contribution < -0.4 is 0 Å². The monoisotopic (exact) mass is 1060 g/mol. The van der Waals surface area contributed by atoms with Gasteiger partial charge >= 0.3 is 25.7 Å². The number of rotatable bonds is 23. The quantitative estimate of drug-likeness (QED) is 0.0317. The molecule has 16 heteroatoms. The first-order valence-electron chi connectivity index (χ1n) is 28.7. The lowest BCUT2D eigenvalue weighted by Crippen LogP contribution is -2.54. The van der Waals surface area contributed by atoms with Crippen molar-refractivity contribution in [3.05, 3.63) is 35.3 Å². The molecule has 1 aliphatic heterocycles. The lowest BCUT2D eigenvalue weighted by molar-refractivity contribution is -0.159. The standard InChI is InChI=1S/C58H93O15P/c1-10-33(5)55(65)69-49-29-40(61)26-37-15-12-34(6)43(51(37)49)19-17-39(60)28-41(62)30-50(64)70-53-52(48(63)31-59)71-56(66)54(53)73-74(67,68)72-42-22-24-57(8)38(27-42)16-18-44-46-21-20-45(58(46,9)25-23-47(44)57)35(7)13-14-36(11-2)32(3)4/h12,15,26,32-36,38-49,51-52,59-63H,10-11,13-14,16-25,27-31H2,1-9H3,(H,67,68)/t33-,34-,35+,36+,38-,39+,40+,41+,42?,43-,44-,45?,46-,47-,48?,49-,51-,52?,57-,58+/m0/s1. The molecular formula is C58H93O15P. The van der Waals surface area contributed by atoms with E-state index in [4.69, 9.17) is 23.3 Å². The molecule has 4 saturated carbocycles. The van der Waals surface area contributed by atoms with E-state index in [1.54, 1.807) is 13.0 Å². The van der Waals surface area contributed by atoms with E-state index in [0.29, 0.717) is 48.9 Å². The van der Waals surface area contributed by atoms with Crippen LogP contribution in [0.4, 0.5) is 0 Å². The van der Waals surface area contributed by atoms with E-state index in [9.17, 15) is 49.4 Å². The summed E-state index contributed by atoms with van der Waals surface area (Å²) >= 11 is 0. The summed E-state index contributed by atoms with van der Waals surface area (Å²) in [5, 5.41) is 53.1. The van der Waals surface area contributed by atoms with Gasteiger partial charge in [-0.25, -0.2) is 9.36 Å². The number of hydrogen-bond donors (Lipinski definition) is 6. The van der Waals surface area contributed by atoms with Crippen LogP contribution in [0.1, 0.15) is 178 Å². The molecule has 6 N–H and O–H groups in total. The molecule has 1 heterocycles. The predicted molar refractivity (Wildman–Crippen MR) is 278 cm³/mol. The Morgan fingerprint density at radius 3 is 2.31 bits per heavy atom. The topological polar surface area (TPSA) is 236 Å². The minimum atomic E-state index is -5.07. The van der Waals surface area contributed by atoms with E-state index >= 15 is 0 Å². The Bertz CT molecular complexity index is 2110. The fourth-order valence-corrected chi connectivity index (χ4v) is 17.0. The van der Waals surface area contributed by atoms with Crippen molar-refractivity contribution in [3.63, 3.8) is 0 Å². The second-order valence-corrected chi connectivity index (χ2v) is 26.5. The average molecular weight is 1060 g/mol. The average Bonchev–Trinajstić information content (AvgIpc) is 3.85. The molecule has 0 amide bonds. The molecule has 6 aliphatic carbocycles. The van der Waals surface area contributed by atoms with Crippen LogP contribution in [-0.2, 0) is 42.2 Å². The Hall–Kier alpha value is -2.62. The zero-order chi connectivity index (χ0) is 54.0. The van der Waals surface area contributed by atoms with Crippen molar-refractivity contribution >= 4 is 25.7 Å². The molecule has 0 bridgehead atoms. The van der Waals surface area contributed by atoms with Crippen LogP contribution in [0.25, 0.3) is 0 Å². The Labute approximate surface area is 441 Å². The van der Waals surface area contributed by atoms with Gasteiger partial charge in [-0.1, -0.05) is 93.4 Å². The number of phosphoric ester groups is 1. The van der Waals surface area contributed by atoms with Gasteiger partial charge in [0.15, 0.2) is 6.10 Å². The summed E-state index contributed by atoms with van der Waals surface area (Å²) in [6, 6.07) is 0. The lowest BCUT2D eigenvalue weighted by Gasteiger charge is -2.61. The first kappa shape index (κ1) is 59.0. The van der Waals surface area contributed by atoms with Crippen molar-refractivity contribution in [2.75, 3.05) is 6.61 Å². The van der Waals surface area contributed by atoms with E-state index in [2.05, 4.69) is 41.5 Å². The van der Waals surface area contributed by atoms with Crippen LogP contribution in [0, 0.1) is 81.8 Å². The Kier molecular flexibility index (Phi) is 19.6. The molecule has 0 saturated heterocycles. The number of phosphoric acid groups is 1. The maximum Gasteiger partial charge on any atom is 0.528 e. The molecule has 7 rings (SSSR count). The number of ether oxygens (including phenoxy) is 3. The van der Waals surface area contributed by atoms with Crippen molar-refractivity contribution < 1.29 is 72.6 Å². The van der Waals surface area contributed by atoms with Gasteiger partial charge in [-0.3, -0.25) is 19.0 Å². The number of cyclic esters (lactones) is 1. The highest BCUT2D eigenvalue weighted by Crippen LogP contribution is 2.69. The molecule has 21 atom stereocenters. The van der Waals surface area contributed by atoms with Gasteiger partial charge in [-0.05, 0) is 165 Å². The van der Waals surface area contributed by atoms with Crippen molar-refractivity contribution in [1.82, 2.24) is 0 Å². The molecule has 0 aromatic heterocycles. The van der Waals surface area contributed by atoms with Gasteiger partial charge in [0.05, 0.1) is 43.4 Å². The fourth-order valence-electron chi connectivity index (χ4n) is 16.0. The van der Waals surface area contributed by atoms with E-state index < -0.39 is 87.0 Å². The maximum atomic E-state index is 13.8. The van der Waals surface area contributed by atoms with Gasteiger partial charge in [-0.15, -0.1) is 0 Å². The van der Waals surface area contributed by atoms with E-state index in [-0.39, 0.29) is 60.2 Å². The number of carbonyl (C=O) groups excluding carboxylic acids is 3. The number of aliphatic hydroxyl groups excluding tert-OH is 5. The second kappa shape index (κ2) is 24.6. The van der Waals surface area contributed by atoms with Gasteiger partial charge in [-0.2, -0.15) is 0 Å². The van der Waals surface area contributed by atoms with Gasteiger partial charge in [0, 0.05) is 12.3 Å². The third kappa shape index (κ3) is 12.9. The summed E-state index contributed by atoms with van der Waals surface area (Å²) in [7, 11) is -5.07. The first-order chi connectivity index (χ1) is 34.9. The third-order valence-corrected chi connectivity index (χ3v) is 21.4. The van der Waals surface area contributed by atoms with E-state index in [0.717, 1.165) is 48.5 Å². The molecule has 0 radical (unpaired) electrons. The first-order valence-corrected chi connectivity index (χ1v) is 30.2. The smallest absolute Gasteiger partial charge is 0.461 e. The molecule has 0 spiro atoms. The van der Waals surface area contributed by atoms with Crippen LogP contribution >= 0.6 is 7.82 Å². The van der Waals surface area contributed by atoms with E-state index in [1.807, 2.05) is 26.0 Å². The fraction of sp³-hybridized carbons (Fsp3) is 0.845. The van der Waals surface area contributed by atoms with Crippen LogP contribution in [0.15, 0.2) is 35.3 Å². The number of hydrogen-bond acceptors (Lipinski definition) is 14. The van der Waals surface area contributed by atoms with Crippen molar-refractivity contribution in [2.45, 2.75) is 221 Å². The summed E-state index contributed by atoms with van der Waals surface area (Å²) in [6.45, 7) is 19.4. The summed E-state index contributed by atoms with van der Waals surface area (Å²) in [4.78, 5) is 50.6. The number of esters is 3. The molecule has 4 fully saturated rings. The lowest BCUT2D eigenvalue weighted by atomic mass is 9.44. The highest BCUT2D eigenvalue weighted by molar-refractivity contribution is 7.47. The molecular weight excluding hydrogens is 968 g/mol. The molecule has 15 nitrogen and oxygen atoms in total. The van der Waals surface area contributed by atoms with Crippen LogP contribution in [0.2, 0.25) is 0 Å². The molecule has 0 aromatic rings. The Morgan fingerprint density at radius 1 is 0.905 bits per heavy atom. The zero-order valence-electron chi connectivity index (χ0n) is 45.9. The van der Waals surface area contributed by atoms with Crippen molar-refractivity contribution in [2.24, 2.45) is 81.8 Å². The predicted octanol–water partition coefficient (Wildman–Crippen LogP) is 9.65. The number of allylic oxidation sites excluding steroid dienone is 2. The van der Waals surface area contributed by atoms with E-state index in [1.165, 1.54) is 44.9 Å². The SMILES string of the molecule is CC[C@H](CC[C@@H](C)C1CC[C@H]2[C@@H]3CC[C@H]4CC(OP(=O)(O)OC5=C(OC(=O)C[C@H](O)C[C@H](O)CC[C@@H]6[C@@H]7C(=C[C@@H](O)C[C@@H]7OC(=O)[C@@H](C)CC)C=C[C@@H]6C)C(C(O)CO)OC5=O)CC[C@]4(C)[C@H]3CC[C@]12C)C(C)C. The molecule has 5 unspecified atom stereocenters. The van der Waals surface area contributed by atoms with Crippen molar-refractivity contribution in [3.8, 4) is 0 Å². The van der Waals surface area contributed by atoms with Crippen LogP contribution in [-0.4, -0.2) is 97.7 Å². The van der Waals surface area contributed by atoms with Gasteiger partial charge in [0.25, 0.3) is 5.76 Å². The summed E-state index contributed by atoms with van der Waals surface area (Å²) < 4.78 is 41.6. The molecule has 7 aliphatic rings. The van der Waals surface area contributed by atoms with Crippen LogP contribution in [0.3, 0.4) is 0 Å². The van der Waals surface area contributed by atoms with Crippen LogP contribution in [0.5, 0.6) is 0 Å². The number of carbonyl (C=O) groups is 3. The highest BCUT2D eigenvalue weighted by Gasteiger charge is 2.61. The minimum absolute atomic E-state index is 0.0525. The Morgan fingerprint density at radius 2 is 1.62 bits per heavy atom. The summed E-state index contributed by atoms with van der Waals surface area (Å²) in [5.41, 5.74) is 1.30. The maximum absolute atomic E-state index is 13.8. The second-order valence-electron chi connectivity index (χ2n) is 25.1. The number of aliphatic hydroxyl groups is 5. The Balaban J connectivity index is 0.934. The molecule has 0 aromatic carbocycles. The molecule has 420 valence electrons. The molecule has 74 heavy (non-hydrogen) atoms. The summed E-state index contributed by atoms with van der Waals surface area (Å²) in [5.74, 6) is 0.271. The zero-order valence-corrected chi connectivity index (χ0v) is 46.8. The highest BCUT2D eigenvalue weighted by atomic mass is 31.2. The third-order valence-electron chi connectivity index (χ3n) is 20.4. The normalized spacial score (nSPS) is 37.9.